The molecule has 0 aliphatic rings. The molecule has 56 valence electrons. The van der Waals surface area contributed by atoms with Gasteiger partial charge in [0.15, 0.2) is 0 Å². The lowest BCUT2D eigenvalue weighted by Gasteiger charge is -2.19. The van der Waals surface area contributed by atoms with Gasteiger partial charge in [-0.05, 0) is 13.8 Å². The summed E-state index contributed by atoms with van der Waals surface area (Å²) in [5, 5.41) is 0. The molecule has 0 bridgehead atoms. The van der Waals surface area contributed by atoms with E-state index in [9.17, 15) is 13.2 Å². The van der Waals surface area contributed by atoms with Crippen LogP contribution < -0.4 is 5.73 Å². The Labute approximate surface area is 52.0 Å². The van der Waals surface area contributed by atoms with Gasteiger partial charge >= 0.3 is 6.18 Å². The fourth-order valence-corrected chi connectivity index (χ4v) is 0.517. The maximum Gasteiger partial charge on any atom is 0.390 e. The maximum absolute atomic E-state index is 11.5. The van der Waals surface area contributed by atoms with Crippen molar-refractivity contribution in [2.24, 2.45) is 5.73 Å². The lowest BCUT2D eigenvalue weighted by atomic mass is 10.0. The van der Waals surface area contributed by atoms with E-state index in [1.807, 2.05) is 0 Å². The van der Waals surface area contributed by atoms with Crippen molar-refractivity contribution in [1.82, 2.24) is 0 Å². The molecule has 0 saturated heterocycles. The van der Waals surface area contributed by atoms with Gasteiger partial charge in [0.1, 0.15) is 0 Å². The topological polar surface area (TPSA) is 26.0 Å². The Hall–Kier alpha value is -0.250. The minimum absolute atomic E-state index is 0.931. The summed E-state index contributed by atoms with van der Waals surface area (Å²) in [5.41, 5.74) is 3.96. The van der Waals surface area contributed by atoms with E-state index in [0.29, 0.717) is 0 Å². The normalized spacial score (nSPS) is 14.0. The van der Waals surface area contributed by atoms with Crippen LogP contribution in [0.5, 0.6) is 0 Å². The number of hydrogen-bond acceptors (Lipinski definition) is 1. The molecule has 0 saturated carbocycles. The first kappa shape index (κ1) is 8.75. The highest BCUT2D eigenvalue weighted by Crippen LogP contribution is 2.25. The van der Waals surface area contributed by atoms with Crippen LogP contribution in [0, 0.1) is 0 Å². The molecule has 0 spiro atoms. The van der Waals surface area contributed by atoms with Gasteiger partial charge in [-0.25, -0.2) is 0 Å². The SMILES string of the molecule is CC(C)(N)CC(F)(F)F. The zero-order valence-corrected chi connectivity index (χ0v) is 5.42. The highest BCUT2D eigenvalue weighted by molar-refractivity contribution is 4.75. The monoisotopic (exact) mass is 141 g/mol. The van der Waals surface area contributed by atoms with Gasteiger partial charge in [0.2, 0.25) is 0 Å². The third kappa shape index (κ3) is 7.75. The van der Waals surface area contributed by atoms with Gasteiger partial charge in [0.25, 0.3) is 0 Å². The Balaban J connectivity index is 3.75. The number of hydrogen-bond donors (Lipinski definition) is 1. The number of nitrogens with two attached hydrogens (primary N) is 1. The van der Waals surface area contributed by atoms with E-state index in [1.165, 1.54) is 13.8 Å². The minimum Gasteiger partial charge on any atom is -0.325 e. The summed E-state index contributed by atoms with van der Waals surface area (Å²) in [6, 6.07) is 0. The fourth-order valence-electron chi connectivity index (χ4n) is 0.517. The molecule has 0 heterocycles. The third-order valence-electron chi connectivity index (χ3n) is 0.656. The summed E-state index contributed by atoms with van der Waals surface area (Å²) in [5.74, 6) is 0. The average Bonchev–Trinajstić information content (AvgIpc) is 1.14. The van der Waals surface area contributed by atoms with Gasteiger partial charge in [-0.15, -0.1) is 0 Å². The van der Waals surface area contributed by atoms with Gasteiger partial charge < -0.3 is 5.73 Å². The predicted octanol–water partition coefficient (Wildman–Crippen LogP) is 1.68. The van der Waals surface area contributed by atoms with Crippen molar-refractivity contribution < 1.29 is 13.2 Å². The molecule has 1 nitrogen and oxygen atoms in total. The molecule has 0 atom stereocenters. The average molecular weight is 141 g/mol. The van der Waals surface area contributed by atoms with E-state index in [0.717, 1.165) is 0 Å². The molecule has 0 radical (unpaired) electrons. The smallest absolute Gasteiger partial charge is 0.325 e. The lowest BCUT2D eigenvalue weighted by molar-refractivity contribution is -0.144. The molecule has 0 aliphatic carbocycles. The van der Waals surface area contributed by atoms with Crippen molar-refractivity contribution in [3.05, 3.63) is 0 Å². The highest BCUT2D eigenvalue weighted by atomic mass is 19.4. The van der Waals surface area contributed by atoms with E-state index in [2.05, 4.69) is 0 Å². The predicted molar refractivity (Wildman–Crippen MR) is 28.9 cm³/mol. The maximum atomic E-state index is 11.5. The van der Waals surface area contributed by atoms with Gasteiger partial charge in [-0.2, -0.15) is 13.2 Å². The number of alkyl halides is 3. The first-order chi connectivity index (χ1) is 3.71. The fraction of sp³-hybridized carbons (Fsp3) is 1.00. The van der Waals surface area contributed by atoms with Gasteiger partial charge in [-0.1, -0.05) is 0 Å². The van der Waals surface area contributed by atoms with Crippen LogP contribution in [0.15, 0.2) is 0 Å². The molecule has 0 aromatic carbocycles. The van der Waals surface area contributed by atoms with E-state index in [-0.39, 0.29) is 0 Å². The second-order valence-corrected chi connectivity index (χ2v) is 2.78. The molecule has 0 amide bonds. The zero-order chi connectivity index (χ0) is 7.71. The quantitative estimate of drug-likeness (QED) is 0.590. The van der Waals surface area contributed by atoms with Crippen molar-refractivity contribution in [2.45, 2.75) is 32.0 Å². The van der Waals surface area contributed by atoms with E-state index >= 15 is 0 Å². The molecule has 0 rings (SSSR count). The van der Waals surface area contributed by atoms with Crippen molar-refractivity contribution in [1.29, 1.82) is 0 Å². The summed E-state index contributed by atoms with van der Waals surface area (Å²) in [4.78, 5) is 0. The van der Waals surface area contributed by atoms with Crippen LogP contribution in [0.2, 0.25) is 0 Å². The standard InChI is InChI=1S/C5H10F3N/c1-4(2,9)3-5(6,7)8/h3,9H2,1-2H3. The van der Waals surface area contributed by atoms with Crippen LogP contribution in [0.4, 0.5) is 13.2 Å². The van der Waals surface area contributed by atoms with Crippen molar-refractivity contribution in [3.63, 3.8) is 0 Å². The molecule has 2 N–H and O–H groups in total. The van der Waals surface area contributed by atoms with Crippen LogP contribution in [0.3, 0.4) is 0 Å². The van der Waals surface area contributed by atoms with Gasteiger partial charge in [-0.3, -0.25) is 0 Å². The zero-order valence-electron chi connectivity index (χ0n) is 5.42. The van der Waals surface area contributed by atoms with Crippen LogP contribution in [0.25, 0.3) is 0 Å². The Morgan fingerprint density at radius 2 is 1.56 bits per heavy atom. The van der Waals surface area contributed by atoms with Crippen LogP contribution in [-0.2, 0) is 0 Å². The molecule has 4 heteroatoms. The van der Waals surface area contributed by atoms with Crippen molar-refractivity contribution in [3.8, 4) is 0 Å². The number of rotatable bonds is 1. The lowest BCUT2D eigenvalue weighted by Crippen LogP contribution is -2.37. The van der Waals surface area contributed by atoms with E-state index < -0.39 is 18.1 Å². The Morgan fingerprint density at radius 3 is 1.56 bits per heavy atom. The Kier molecular flexibility index (Phi) is 2.11. The third-order valence-corrected chi connectivity index (χ3v) is 0.656. The Bertz CT molecular complexity index is 77.4. The molecular weight excluding hydrogens is 131 g/mol. The van der Waals surface area contributed by atoms with Crippen LogP contribution >= 0.6 is 0 Å². The molecule has 0 fully saturated rings. The summed E-state index contributed by atoms with van der Waals surface area (Å²) in [6.07, 6.45) is -5.07. The summed E-state index contributed by atoms with van der Waals surface area (Å²) in [6.45, 7) is 2.70. The molecular formula is C5H10F3N. The largest absolute Gasteiger partial charge is 0.390 e. The molecule has 0 aliphatic heterocycles. The summed E-state index contributed by atoms with van der Waals surface area (Å²) in [7, 11) is 0. The van der Waals surface area contributed by atoms with Crippen molar-refractivity contribution in [2.75, 3.05) is 0 Å². The van der Waals surface area contributed by atoms with Gasteiger partial charge in [0.05, 0.1) is 6.42 Å². The van der Waals surface area contributed by atoms with E-state index in [4.69, 9.17) is 5.73 Å². The van der Waals surface area contributed by atoms with E-state index in [1.54, 1.807) is 0 Å². The summed E-state index contributed by atoms with van der Waals surface area (Å²) >= 11 is 0. The molecule has 0 unspecified atom stereocenters. The minimum atomic E-state index is -4.14. The highest BCUT2D eigenvalue weighted by Gasteiger charge is 2.33. The second kappa shape index (κ2) is 2.17. The molecule has 0 aromatic rings. The molecule has 9 heavy (non-hydrogen) atoms. The first-order valence-corrected chi connectivity index (χ1v) is 2.56. The second-order valence-electron chi connectivity index (χ2n) is 2.78. The first-order valence-electron chi connectivity index (χ1n) is 2.56. The van der Waals surface area contributed by atoms with Gasteiger partial charge in [0, 0.05) is 5.54 Å². The van der Waals surface area contributed by atoms with Crippen molar-refractivity contribution >= 4 is 0 Å². The molecule has 0 aromatic heterocycles. The number of halogens is 3. The van der Waals surface area contributed by atoms with Crippen LogP contribution in [0.1, 0.15) is 20.3 Å². The van der Waals surface area contributed by atoms with Crippen LogP contribution in [-0.4, -0.2) is 11.7 Å². The summed E-state index contributed by atoms with van der Waals surface area (Å²) < 4.78 is 34.4. The Morgan fingerprint density at radius 1 is 1.22 bits per heavy atom.